The SMILES string of the molecule is O=C(CCc1ccc(-c2ccccc2)o1)OCc1cc(=O)n2c3c(sc2n1)CCCC3. The highest BCUT2D eigenvalue weighted by molar-refractivity contribution is 7.17. The van der Waals surface area contributed by atoms with Gasteiger partial charge in [0.15, 0.2) is 4.96 Å². The minimum absolute atomic E-state index is 0.000556. The van der Waals surface area contributed by atoms with Crippen molar-refractivity contribution in [3.05, 3.63) is 80.9 Å². The Labute approximate surface area is 183 Å². The maximum Gasteiger partial charge on any atom is 0.306 e. The van der Waals surface area contributed by atoms with Gasteiger partial charge < -0.3 is 9.15 Å². The summed E-state index contributed by atoms with van der Waals surface area (Å²) in [5.41, 5.74) is 2.49. The smallest absolute Gasteiger partial charge is 0.306 e. The van der Waals surface area contributed by atoms with Gasteiger partial charge in [-0.25, -0.2) is 4.98 Å². The Morgan fingerprint density at radius 2 is 1.97 bits per heavy atom. The van der Waals surface area contributed by atoms with Crippen LogP contribution in [0.2, 0.25) is 0 Å². The van der Waals surface area contributed by atoms with E-state index in [1.165, 1.54) is 10.9 Å². The first-order chi connectivity index (χ1) is 15.2. The van der Waals surface area contributed by atoms with Gasteiger partial charge in [0, 0.05) is 28.6 Å². The summed E-state index contributed by atoms with van der Waals surface area (Å²) in [6.07, 6.45) is 4.85. The Hall–Kier alpha value is -3.19. The molecule has 0 radical (unpaired) electrons. The number of furan rings is 1. The highest BCUT2D eigenvalue weighted by Gasteiger charge is 2.19. The number of hydrogen-bond acceptors (Lipinski definition) is 6. The fraction of sp³-hybridized carbons (Fsp3) is 0.292. The Balaban J connectivity index is 1.20. The van der Waals surface area contributed by atoms with Gasteiger partial charge in [-0.05, 0) is 37.8 Å². The number of rotatable bonds is 6. The summed E-state index contributed by atoms with van der Waals surface area (Å²) in [5, 5.41) is 0. The molecule has 0 amide bonds. The number of hydrogen-bond donors (Lipinski definition) is 0. The molecule has 1 aliphatic carbocycles. The second-order valence-electron chi connectivity index (χ2n) is 7.68. The zero-order valence-electron chi connectivity index (χ0n) is 17.0. The van der Waals surface area contributed by atoms with E-state index in [1.807, 2.05) is 42.5 Å². The third-order valence-electron chi connectivity index (χ3n) is 5.49. The predicted octanol–water partition coefficient (Wildman–Crippen LogP) is 4.57. The number of aryl methyl sites for hydroxylation is 3. The number of esters is 1. The van der Waals surface area contributed by atoms with Crippen molar-refractivity contribution in [1.29, 1.82) is 0 Å². The summed E-state index contributed by atoms with van der Waals surface area (Å²) >= 11 is 1.57. The lowest BCUT2D eigenvalue weighted by molar-refractivity contribution is -0.145. The molecule has 0 atom stereocenters. The van der Waals surface area contributed by atoms with Gasteiger partial charge in [-0.3, -0.25) is 14.0 Å². The molecular formula is C24H22N2O4S. The van der Waals surface area contributed by atoms with Gasteiger partial charge in [0.1, 0.15) is 18.1 Å². The molecule has 1 aromatic carbocycles. The summed E-state index contributed by atoms with van der Waals surface area (Å²) in [6.45, 7) is 0.000556. The van der Waals surface area contributed by atoms with Crippen LogP contribution in [0.4, 0.5) is 0 Å². The average molecular weight is 435 g/mol. The molecule has 7 heteroatoms. The van der Waals surface area contributed by atoms with Crippen LogP contribution >= 0.6 is 11.3 Å². The van der Waals surface area contributed by atoms with Crippen molar-refractivity contribution in [3.8, 4) is 11.3 Å². The van der Waals surface area contributed by atoms with Crippen LogP contribution in [0.3, 0.4) is 0 Å². The number of benzene rings is 1. The van der Waals surface area contributed by atoms with Gasteiger partial charge >= 0.3 is 5.97 Å². The molecule has 3 aromatic heterocycles. The van der Waals surface area contributed by atoms with E-state index in [-0.39, 0.29) is 24.6 Å². The Morgan fingerprint density at radius 3 is 2.84 bits per heavy atom. The molecule has 0 bridgehead atoms. The first-order valence-corrected chi connectivity index (χ1v) is 11.3. The molecule has 6 nitrogen and oxygen atoms in total. The van der Waals surface area contributed by atoms with Crippen LogP contribution in [0, 0.1) is 0 Å². The van der Waals surface area contributed by atoms with Gasteiger partial charge in [-0.2, -0.15) is 0 Å². The van der Waals surface area contributed by atoms with E-state index < -0.39 is 0 Å². The van der Waals surface area contributed by atoms with Crippen molar-refractivity contribution in [1.82, 2.24) is 9.38 Å². The number of nitrogens with zero attached hydrogens (tertiary/aromatic N) is 2. The zero-order valence-corrected chi connectivity index (χ0v) is 17.8. The minimum Gasteiger partial charge on any atom is -0.461 e. The lowest BCUT2D eigenvalue weighted by Crippen LogP contribution is -2.18. The van der Waals surface area contributed by atoms with E-state index in [9.17, 15) is 9.59 Å². The fourth-order valence-electron chi connectivity index (χ4n) is 3.94. The lowest BCUT2D eigenvalue weighted by Gasteiger charge is -2.10. The maximum absolute atomic E-state index is 12.6. The van der Waals surface area contributed by atoms with E-state index in [2.05, 4.69) is 4.98 Å². The number of aromatic nitrogens is 2. The molecule has 0 saturated heterocycles. The van der Waals surface area contributed by atoms with Crippen molar-refractivity contribution in [2.24, 2.45) is 0 Å². The summed E-state index contributed by atoms with van der Waals surface area (Å²) < 4.78 is 12.9. The van der Waals surface area contributed by atoms with Crippen molar-refractivity contribution in [3.63, 3.8) is 0 Å². The van der Waals surface area contributed by atoms with E-state index in [0.717, 1.165) is 48.5 Å². The van der Waals surface area contributed by atoms with Crippen molar-refractivity contribution in [2.75, 3.05) is 0 Å². The molecule has 5 rings (SSSR count). The van der Waals surface area contributed by atoms with E-state index in [1.54, 1.807) is 15.7 Å². The van der Waals surface area contributed by atoms with Crippen LogP contribution in [0.15, 0.2) is 57.7 Å². The summed E-state index contributed by atoms with van der Waals surface area (Å²) in [5.74, 6) is 1.17. The van der Waals surface area contributed by atoms with Crippen LogP contribution in [0.1, 0.15) is 41.3 Å². The van der Waals surface area contributed by atoms with E-state index in [4.69, 9.17) is 9.15 Å². The quantitative estimate of drug-likeness (QED) is 0.416. The van der Waals surface area contributed by atoms with Gasteiger partial charge in [0.05, 0.1) is 12.1 Å². The van der Waals surface area contributed by atoms with Gasteiger partial charge in [0.25, 0.3) is 5.56 Å². The lowest BCUT2D eigenvalue weighted by atomic mass is 10.0. The molecule has 0 fully saturated rings. The summed E-state index contributed by atoms with van der Waals surface area (Å²) in [4.78, 5) is 31.3. The number of carbonyl (C=O) groups is 1. The molecule has 1 aliphatic rings. The number of carbonyl (C=O) groups excluding carboxylic acids is 1. The van der Waals surface area contributed by atoms with E-state index >= 15 is 0 Å². The molecule has 0 unspecified atom stereocenters. The summed E-state index contributed by atoms with van der Waals surface area (Å²) in [6, 6.07) is 15.1. The Bertz CT molecular complexity index is 1290. The molecule has 158 valence electrons. The van der Waals surface area contributed by atoms with Crippen LogP contribution in [0.5, 0.6) is 0 Å². The molecule has 0 N–H and O–H groups in total. The first-order valence-electron chi connectivity index (χ1n) is 10.5. The van der Waals surface area contributed by atoms with E-state index in [0.29, 0.717) is 17.1 Å². The van der Waals surface area contributed by atoms with Gasteiger partial charge in [-0.15, -0.1) is 11.3 Å². The monoisotopic (exact) mass is 434 g/mol. The first kappa shape index (κ1) is 19.8. The zero-order chi connectivity index (χ0) is 21.2. The minimum atomic E-state index is -0.342. The molecule has 0 aliphatic heterocycles. The van der Waals surface area contributed by atoms with Gasteiger partial charge in [-0.1, -0.05) is 30.3 Å². The van der Waals surface area contributed by atoms with Gasteiger partial charge in [0.2, 0.25) is 0 Å². The van der Waals surface area contributed by atoms with Crippen LogP contribution in [-0.4, -0.2) is 15.4 Å². The standard InChI is InChI=1S/C24H22N2O4S/c27-22-14-17(25-24-26(22)19-8-4-5-9-21(19)31-24)15-29-23(28)13-11-18-10-12-20(30-18)16-6-2-1-3-7-16/h1-3,6-7,10,12,14H,4-5,8-9,11,13,15H2. The maximum atomic E-state index is 12.6. The molecule has 0 saturated carbocycles. The Morgan fingerprint density at radius 1 is 1.13 bits per heavy atom. The topological polar surface area (TPSA) is 73.8 Å². The second kappa shape index (κ2) is 8.51. The normalized spacial score (nSPS) is 13.3. The Kier molecular flexibility index (Phi) is 5.42. The van der Waals surface area contributed by atoms with Crippen molar-refractivity contribution < 1.29 is 13.9 Å². The fourth-order valence-corrected chi connectivity index (χ4v) is 5.17. The van der Waals surface area contributed by atoms with Crippen LogP contribution < -0.4 is 5.56 Å². The molecular weight excluding hydrogens is 412 g/mol. The second-order valence-corrected chi connectivity index (χ2v) is 8.74. The molecule has 31 heavy (non-hydrogen) atoms. The molecule has 0 spiro atoms. The third kappa shape index (κ3) is 4.18. The molecule has 4 aromatic rings. The predicted molar refractivity (Wildman–Crippen MR) is 118 cm³/mol. The third-order valence-corrected chi connectivity index (χ3v) is 6.63. The van der Waals surface area contributed by atoms with Crippen LogP contribution in [0.25, 0.3) is 16.3 Å². The number of ether oxygens (including phenoxy) is 1. The average Bonchev–Trinajstić information content (AvgIpc) is 3.41. The largest absolute Gasteiger partial charge is 0.461 e. The summed E-state index contributed by atoms with van der Waals surface area (Å²) in [7, 11) is 0. The number of fused-ring (bicyclic) bond motifs is 3. The highest BCUT2D eigenvalue weighted by Crippen LogP contribution is 2.28. The molecule has 3 heterocycles. The van der Waals surface area contributed by atoms with Crippen molar-refractivity contribution >= 4 is 22.3 Å². The van der Waals surface area contributed by atoms with Crippen LogP contribution in [-0.2, 0) is 35.4 Å². The number of thiazole rings is 1. The van der Waals surface area contributed by atoms with Crippen molar-refractivity contribution in [2.45, 2.75) is 45.1 Å². The highest BCUT2D eigenvalue weighted by atomic mass is 32.1.